The summed E-state index contributed by atoms with van der Waals surface area (Å²) in [5.41, 5.74) is -0.0864. The maximum Gasteiger partial charge on any atom is 0.260 e. The molecule has 0 fully saturated rings. The smallest absolute Gasteiger partial charge is 0.260 e. The number of halogens is 1. The Morgan fingerprint density at radius 2 is 1.94 bits per heavy atom. The molecule has 1 aromatic carbocycles. The zero-order valence-electron chi connectivity index (χ0n) is 8.96. The third-order valence-corrected chi connectivity index (χ3v) is 2.39. The Labute approximate surface area is 107 Å². The summed E-state index contributed by atoms with van der Waals surface area (Å²) in [5.74, 6) is -0.966. The maximum atomic E-state index is 11.8. The first-order valence-corrected chi connectivity index (χ1v) is 5.25. The van der Waals surface area contributed by atoms with Crippen molar-refractivity contribution in [3.05, 3.63) is 41.3 Å². The van der Waals surface area contributed by atoms with Gasteiger partial charge in [0.15, 0.2) is 11.0 Å². The number of rotatable bonds is 2. The van der Waals surface area contributed by atoms with Gasteiger partial charge < -0.3 is 15.5 Å². The lowest BCUT2D eigenvalue weighted by Crippen LogP contribution is -2.13. The monoisotopic (exact) mass is 265 g/mol. The number of anilines is 1. The van der Waals surface area contributed by atoms with Crippen molar-refractivity contribution in [3.63, 3.8) is 0 Å². The number of carbonyl (C=O) groups excluding carboxylic acids is 1. The number of aromatic hydroxyl groups is 2. The van der Waals surface area contributed by atoms with Gasteiger partial charge in [-0.1, -0.05) is 11.6 Å². The maximum absolute atomic E-state index is 11.8. The van der Waals surface area contributed by atoms with E-state index in [1.54, 1.807) is 0 Å². The number of benzene rings is 1. The predicted molar refractivity (Wildman–Crippen MR) is 64.8 cm³/mol. The van der Waals surface area contributed by atoms with Gasteiger partial charge in [0.05, 0.1) is 5.56 Å². The minimum Gasteiger partial charge on any atom is -0.508 e. The van der Waals surface area contributed by atoms with Gasteiger partial charge in [0.2, 0.25) is 0 Å². The van der Waals surface area contributed by atoms with Crippen LogP contribution in [-0.4, -0.2) is 26.1 Å². The highest BCUT2D eigenvalue weighted by Crippen LogP contribution is 2.23. The lowest BCUT2D eigenvalue weighted by Gasteiger charge is -2.07. The van der Waals surface area contributed by atoms with Gasteiger partial charge in [0.25, 0.3) is 5.91 Å². The first-order chi connectivity index (χ1) is 8.58. The van der Waals surface area contributed by atoms with Crippen LogP contribution in [0, 0.1) is 0 Å². The molecule has 0 aliphatic carbocycles. The van der Waals surface area contributed by atoms with Crippen molar-refractivity contribution < 1.29 is 15.0 Å². The van der Waals surface area contributed by atoms with Crippen LogP contribution < -0.4 is 5.32 Å². The number of hydrogen-bond donors (Lipinski definition) is 3. The van der Waals surface area contributed by atoms with Crippen LogP contribution in [0.5, 0.6) is 11.5 Å². The van der Waals surface area contributed by atoms with Gasteiger partial charge in [-0.05, 0) is 18.2 Å². The normalized spacial score (nSPS) is 10.1. The molecule has 2 aromatic rings. The lowest BCUT2D eigenvalue weighted by atomic mass is 10.2. The van der Waals surface area contributed by atoms with Gasteiger partial charge in [-0.2, -0.15) is 0 Å². The van der Waals surface area contributed by atoms with Crippen LogP contribution in [0.1, 0.15) is 10.4 Å². The molecule has 1 heterocycles. The van der Waals surface area contributed by atoms with Crippen molar-refractivity contribution in [2.24, 2.45) is 0 Å². The van der Waals surface area contributed by atoms with E-state index in [2.05, 4.69) is 15.3 Å². The van der Waals surface area contributed by atoms with E-state index in [0.717, 1.165) is 6.07 Å². The molecular formula is C11H8ClN3O3. The Morgan fingerprint density at radius 1 is 1.22 bits per heavy atom. The van der Waals surface area contributed by atoms with Crippen LogP contribution in [0.3, 0.4) is 0 Å². The molecule has 0 atom stereocenters. The van der Waals surface area contributed by atoms with Gasteiger partial charge >= 0.3 is 0 Å². The molecule has 0 bridgehead atoms. The van der Waals surface area contributed by atoms with Gasteiger partial charge in [0, 0.05) is 12.4 Å². The quantitative estimate of drug-likeness (QED) is 0.720. The van der Waals surface area contributed by atoms with Crippen molar-refractivity contribution >= 4 is 23.3 Å². The molecule has 0 aliphatic rings. The van der Waals surface area contributed by atoms with Crippen LogP contribution in [0.2, 0.25) is 5.15 Å². The molecule has 18 heavy (non-hydrogen) atoms. The number of nitrogens with zero attached hydrogens (tertiary/aromatic N) is 2. The topological polar surface area (TPSA) is 95.3 Å². The first-order valence-electron chi connectivity index (χ1n) is 4.88. The molecule has 92 valence electrons. The molecule has 0 radical (unpaired) electrons. The van der Waals surface area contributed by atoms with E-state index in [4.69, 9.17) is 11.6 Å². The van der Waals surface area contributed by atoms with Gasteiger partial charge in [-0.25, -0.2) is 9.97 Å². The van der Waals surface area contributed by atoms with Crippen LogP contribution in [-0.2, 0) is 0 Å². The van der Waals surface area contributed by atoms with E-state index in [1.165, 1.54) is 24.5 Å². The fraction of sp³-hybridized carbons (Fsp3) is 0. The Kier molecular flexibility index (Phi) is 3.29. The molecule has 0 spiro atoms. The van der Waals surface area contributed by atoms with E-state index in [0.29, 0.717) is 0 Å². The van der Waals surface area contributed by atoms with E-state index in [9.17, 15) is 15.0 Å². The van der Waals surface area contributed by atoms with Gasteiger partial charge in [-0.15, -0.1) is 0 Å². The number of phenols is 2. The number of amides is 1. The number of nitrogens with one attached hydrogen (secondary N) is 1. The molecular weight excluding hydrogens is 258 g/mol. The minimum absolute atomic E-state index is 0.0329. The fourth-order valence-electron chi connectivity index (χ4n) is 1.29. The highest BCUT2D eigenvalue weighted by Gasteiger charge is 2.14. The molecule has 1 amide bonds. The summed E-state index contributed by atoms with van der Waals surface area (Å²) in [4.78, 5) is 19.4. The van der Waals surface area contributed by atoms with Gasteiger partial charge in [0.1, 0.15) is 11.5 Å². The number of hydrogen-bond acceptors (Lipinski definition) is 5. The molecule has 1 aromatic heterocycles. The minimum atomic E-state index is -0.647. The van der Waals surface area contributed by atoms with E-state index >= 15 is 0 Å². The molecule has 0 aliphatic heterocycles. The summed E-state index contributed by atoms with van der Waals surface area (Å²) in [6.07, 6.45) is 2.74. The summed E-state index contributed by atoms with van der Waals surface area (Å²) in [5, 5.41) is 21.2. The average Bonchev–Trinajstić information content (AvgIpc) is 2.35. The summed E-state index contributed by atoms with van der Waals surface area (Å²) >= 11 is 5.73. The Morgan fingerprint density at radius 3 is 2.67 bits per heavy atom. The van der Waals surface area contributed by atoms with Crippen molar-refractivity contribution in [1.82, 2.24) is 9.97 Å². The Bertz CT molecular complexity index is 604. The van der Waals surface area contributed by atoms with Crippen molar-refractivity contribution in [2.75, 3.05) is 5.32 Å². The largest absolute Gasteiger partial charge is 0.508 e. The van der Waals surface area contributed by atoms with Crippen LogP contribution in [0.4, 0.5) is 5.82 Å². The molecule has 0 unspecified atom stereocenters. The SMILES string of the molecule is O=C(Nc1nccnc1Cl)c1cc(O)ccc1O. The first kappa shape index (κ1) is 12.1. The third-order valence-electron chi connectivity index (χ3n) is 2.11. The average molecular weight is 266 g/mol. The second kappa shape index (κ2) is 4.89. The number of carbonyl (C=O) groups is 1. The van der Waals surface area contributed by atoms with Crippen molar-refractivity contribution in [3.8, 4) is 11.5 Å². The summed E-state index contributed by atoms with van der Waals surface area (Å²) in [7, 11) is 0. The number of aromatic nitrogens is 2. The predicted octanol–water partition coefficient (Wildman–Crippen LogP) is 1.79. The number of phenolic OH excluding ortho intramolecular Hbond substituents is 2. The van der Waals surface area contributed by atoms with E-state index < -0.39 is 5.91 Å². The molecule has 6 nitrogen and oxygen atoms in total. The molecule has 7 heteroatoms. The highest BCUT2D eigenvalue weighted by molar-refractivity contribution is 6.32. The fourth-order valence-corrected chi connectivity index (χ4v) is 1.44. The van der Waals surface area contributed by atoms with Crippen molar-refractivity contribution in [1.29, 1.82) is 0 Å². The summed E-state index contributed by atoms with van der Waals surface area (Å²) in [6.45, 7) is 0. The highest BCUT2D eigenvalue weighted by atomic mass is 35.5. The van der Waals surface area contributed by atoms with E-state index in [1.807, 2.05) is 0 Å². The van der Waals surface area contributed by atoms with Crippen molar-refractivity contribution in [2.45, 2.75) is 0 Å². The summed E-state index contributed by atoms with van der Waals surface area (Å²) in [6, 6.07) is 3.61. The van der Waals surface area contributed by atoms with Crippen LogP contribution >= 0.6 is 11.6 Å². The molecule has 0 saturated carbocycles. The van der Waals surface area contributed by atoms with E-state index in [-0.39, 0.29) is 28.0 Å². The molecule has 0 saturated heterocycles. The molecule has 3 N–H and O–H groups in total. The second-order valence-electron chi connectivity index (χ2n) is 3.35. The third kappa shape index (κ3) is 2.49. The van der Waals surface area contributed by atoms with Crippen LogP contribution in [0.25, 0.3) is 0 Å². The Hall–Kier alpha value is -2.34. The Balaban J connectivity index is 2.28. The molecule has 2 rings (SSSR count). The van der Waals surface area contributed by atoms with Crippen LogP contribution in [0.15, 0.2) is 30.6 Å². The lowest BCUT2D eigenvalue weighted by molar-refractivity contribution is 0.102. The van der Waals surface area contributed by atoms with Gasteiger partial charge in [-0.3, -0.25) is 4.79 Å². The second-order valence-corrected chi connectivity index (χ2v) is 3.71. The standard InChI is InChI=1S/C11H8ClN3O3/c12-9-10(14-4-3-13-9)15-11(18)7-5-6(16)1-2-8(7)17/h1-5,16-17H,(H,14,15,18). The zero-order valence-corrected chi connectivity index (χ0v) is 9.72. The summed E-state index contributed by atoms with van der Waals surface area (Å²) < 4.78 is 0. The zero-order chi connectivity index (χ0) is 13.1.